The standard InChI is InChI=1S/C17H22N4O2/c1-10-16(11(2)20(3)18-10)14-5-4-8-21(14)17(22)13-9-15(23-19-13)12-6-7-12/h9,12,14H,4-8H2,1-3H3/t14-/m0/s1. The Labute approximate surface area is 135 Å². The third kappa shape index (κ3) is 2.36. The van der Waals surface area contributed by atoms with Crippen molar-refractivity contribution in [1.82, 2.24) is 19.8 Å². The van der Waals surface area contributed by atoms with Crippen molar-refractivity contribution in [3.63, 3.8) is 0 Å². The molecular formula is C17H22N4O2. The third-order valence-corrected chi connectivity index (χ3v) is 5.14. The molecule has 0 spiro atoms. The van der Waals surface area contributed by atoms with E-state index >= 15 is 0 Å². The summed E-state index contributed by atoms with van der Waals surface area (Å²) in [5.41, 5.74) is 3.77. The Bertz CT molecular complexity index is 757. The molecule has 6 nitrogen and oxygen atoms in total. The molecule has 2 fully saturated rings. The van der Waals surface area contributed by atoms with Crippen LogP contribution in [-0.2, 0) is 7.05 Å². The van der Waals surface area contributed by atoms with E-state index < -0.39 is 0 Å². The van der Waals surface area contributed by atoms with Crippen molar-refractivity contribution in [1.29, 1.82) is 0 Å². The smallest absolute Gasteiger partial charge is 0.276 e. The lowest BCUT2D eigenvalue weighted by Gasteiger charge is -2.24. The van der Waals surface area contributed by atoms with E-state index in [1.165, 1.54) is 5.56 Å². The van der Waals surface area contributed by atoms with Crippen LogP contribution in [0.25, 0.3) is 0 Å². The predicted octanol–water partition coefficient (Wildman–Crippen LogP) is 2.88. The Kier molecular flexibility index (Phi) is 3.28. The first-order valence-corrected chi connectivity index (χ1v) is 8.34. The summed E-state index contributed by atoms with van der Waals surface area (Å²) in [7, 11) is 1.95. The van der Waals surface area contributed by atoms with Crippen molar-refractivity contribution in [2.24, 2.45) is 7.05 Å². The van der Waals surface area contributed by atoms with Crippen LogP contribution in [0, 0.1) is 13.8 Å². The second kappa shape index (κ2) is 5.22. The summed E-state index contributed by atoms with van der Waals surface area (Å²) >= 11 is 0. The first-order chi connectivity index (χ1) is 11.1. The Morgan fingerprint density at radius 3 is 2.74 bits per heavy atom. The normalized spacial score (nSPS) is 21.2. The number of rotatable bonds is 3. The van der Waals surface area contributed by atoms with Gasteiger partial charge in [-0.25, -0.2) is 0 Å². The fourth-order valence-electron chi connectivity index (χ4n) is 3.68. The van der Waals surface area contributed by atoms with E-state index in [-0.39, 0.29) is 11.9 Å². The van der Waals surface area contributed by atoms with Crippen molar-refractivity contribution in [2.75, 3.05) is 6.54 Å². The minimum Gasteiger partial charge on any atom is -0.360 e. The first kappa shape index (κ1) is 14.5. The van der Waals surface area contributed by atoms with Crippen LogP contribution in [0.2, 0.25) is 0 Å². The van der Waals surface area contributed by atoms with E-state index in [1.807, 2.05) is 29.6 Å². The fraction of sp³-hybridized carbons (Fsp3) is 0.588. The van der Waals surface area contributed by atoms with E-state index in [9.17, 15) is 4.79 Å². The number of carbonyl (C=O) groups is 1. The van der Waals surface area contributed by atoms with Crippen LogP contribution in [0.3, 0.4) is 0 Å². The minimum atomic E-state index is -0.0224. The monoisotopic (exact) mass is 314 g/mol. The van der Waals surface area contributed by atoms with Gasteiger partial charge in [-0.3, -0.25) is 9.48 Å². The number of hydrogen-bond acceptors (Lipinski definition) is 4. The zero-order valence-corrected chi connectivity index (χ0v) is 13.9. The molecule has 0 radical (unpaired) electrons. The number of likely N-dealkylation sites (tertiary alicyclic amines) is 1. The molecule has 0 aromatic carbocycles. The van der Waals surface area contributed by atoms with E-state index in [0.29, 0.717) is 11.6 Å². The lowest BCUT2D eigenvalue weighted by atomic mass is 10.0. The van der Waals surface area contributed by atoms with E-state index in [0.717, 1.165) is 49.4 Å². The van der Waals surface area contributed by atoms with Crippen LogP contribution in [0.5, 0.6) is 0 Å². The Hall–Kier alpha value is -2.11. The minimum absolute atomic E-state index is 0.0224. The van der Waals surface area contributed by atoms with Gasteiger partial charge < -0.3 is 9.42 Å². The van der Waals surface area contributed by atoms with Gasteiger partial charge in [0, 0.05) is 36.8 Å². The lowest BCUT2D eigenvalue weighted by molar-refractivity contribution is 0.0724. The highest BCUT2D eigenvalue weighted by molar-refractivity contribution is 5.92. The van der Waals surface area contributed by atoms with Crippen molar-refractivity contribution in [3.8, 4) is 0 Å². The molecule has 2 aliphatic rings. The fourth-order valence-corrected chi connectivity index (χ4v) is 3.68. The summed E-state index contributed by atoms with van der Waals surface area (Å²) in [6.07, 6.45) is 4.27. The van der Waals surface area contributed by atoms with Gasteiger partial charge in [0.15, 0.2) is 5.69 Å². The van der Waals surface area contributed by atoms with Gasteiger partial charge in [0.2, 0.25) is 0 Å². The summed E-state index contributed by atoms with van der Waals surface area (Å²) in [4.78, 5) is 14.8. The average Bonchev–Trinajstić information content (AvgIpc) is 2.96. The molecule has 1 saturated heterocycles. The summed E-state index contributed by atoms with van der Waals surface area (Å²) in [6.45, 7) is 4.85. The number of carbonyl (C=O) groups excluding carboxylic acids is 1. The van der Waals surface area contributed by atoms with Gasteiger partial charge in [0.25, 0.3) is 5.91 Å². The first-order valence-electron chi connectivity index (χ1n) is 8.34. The number of aromatic nitrogens is 3. The topological polar surface area (TPSA) is 64.2 Å². The maximum atomic E-state index is 12.9. The summed E-state index contributed by atoms with van der Waals surface area (Å²) in [5.74, 6) is 1.31. The molecule has 1 aliphatic heterocycles. The van der Waals surface area contributed by atoms with Gasteiger partial charge in [0.1, 0.15) is 5.76 Å². The van der Waals surface area contributed by atoms with Crippen LogP contribution < -0.4 is 0 Å². The van der Waals surface area contributed by atoms with Crippen molar-refractivity contribution < 1.29 is 9.32 Å². The Morgan fingerprint density at radius 1 is 1.30 bits per heavy atom. The van der Waals surface area contributed by atoms with Gasteiger partial charge in [-0.15, -0.1) is 0 Å². The second-order valence-corrected chi connectivity index (χ2v) is 6.75. The summed E-state index contributed by atoms with van der Waals surface area (Å²) in [6, 6.07) is 1.93. The molecule has 1 atom stereocenters. The van der Waals surface area contributed by atoms with E-state index in [1.54, 1.807) is 0 Å². The van der Waals surface area contributed by atoms with Crippen molar-refractivity contribution in [2.45, 2.75) is 51.5 Å². The molecule has 1 amide bonds. The largest absolute Gasteiger partial charge is 0.360 e. The molecule has 4 rings (SSSR count). The molecule has 1 aliphatic carbocycles. The van der Waals surface area contributed by atoms with Gasteiger partial charge in [0.05, 0.1) is 11.7 Å². The van der Waals surface area contributed by atoms with Crippen molar-refractivity contribution >= 4 is 5.91 Å². The quantitative estimate of drug-likeness (QED) is 0.874. The highest BCUT2D eigenvalue weighted by Crippen LogP contribution is 2.41. The summed E-state index contributed by atoms with van der Waals surface area (Å²) in [5, 5.41) is 8.51. The molecule has 1 saturated carbocycles. The Morgan fingerprint density at radius 2 is 2.09 bits per heavy atom. The van der Waals surface area contributed by atoms with E-state index in [4.69, 9.17) is 4.52 Å². The Balaban J connectivity index is 1.62. The maximum absolute atomic E-state index is 12.9. The molecule has 2 aromatic rings. The number of amides is 1. The third-order valence-electron chi connectivity index (χ3n) is 5.14. The SMILES string of the molecule is Cc1nn(C)c(C)c1[C@@H]1CCCN1C(=O)c1cc(C2CC2)on1. The second-order valence-electron chi connectivity index (χ2n) is 6.75. The average molecular weight is 314 g/mol. The van der Waals surface area contributed by atoms with Gasteiger partial charge in [-0.1, -0.05) is 5.16 Å². The zero-order chi connectivity index (χ0) is 16.1. The van der Waals surface area contributed by atoms with Crippen LogP contribution in [-0.4, -0.2) is 32.3 Å². The molecule has 0 N–H and O–H groups in total. The van der Waals surface area contributed by atoms with Crippen LogP contribution in [0.4, 0.5) is 0 Å². The van der Waals surface area contributed by atoms with Crippen LogP contribution in [0.15, 0.2) is 10.6 Å². The molecule has 0 bridgehead atoms. The summed E-state index contributed by atoms with van der Waals surface area (Å²) < 4.78 is 7.24. The van der Waals surface area contributed by atoms with Crippen LogP contribution in [0.1, 0.15) is 70.8 Å². The van der Waals surface area contributed by atoms with Gasteiger partial charge >= 0.3 is 0 Å². The molecular weight excluding hydrogens is 292 g/mol. The van der Waals surface area contributed by atoms with Gasteiger partial charge in [-0.05, 0) is 39.5 Å². The van der Waals surface area contributed by atoms with Crippen LogP contribution >= 0.6 is 0 Å². The zero-order valence-electron chi connectivity index (χ0n) is 13.9. The molecule has 23 heavy (non-hydrogen) atoms. The lowest BCUT2D eigenvalue weighted by Crippen LogP contribution is -2.31. The number of hydrogen-bond donors (Lipinski definition) is 0. The highest BCUT2D eigenvalue weighted by atomic mass is 16.5. The van der Waals surface area contributed by atoms with E-state index in [2.05, 4.69) is 17.2 Å². The molecule has 0 unspecified atom stereocenters. The molecule has 2 aromatic heterocycles. The number of nitrogens with zero attached hydrogens (tertiary/aromatic N) is 4. The van der Waals surface area contributed by atoms with Crippen molar-refractivity contribution in [3.05, 3.63) is 34.5 Å². The molecule has 3 heterocycles. The molecule has 122 valence electrons. The predicted molar refractivity (Wildman–Crippen MR) is 84.2 cm³/mol. The maximum Gasteiger partial charge on any atom is 0.276 e. The molecule has 6 heteroatoms. The van der Waals surface area contributed by atoms with Gasteiger partial charge in [-0.2, -0.15) is 5.10 Å². The number of aryl methyl sites for hydroxylation is 2. The highest BCUT2D eigenvalue weighted by Gasteiger charge is 2.36.